The Kier molecular flexibility index (Phi) is 51.9. The maximum atomic E-state index is 8.52. The van der Waals surface area contributed by atoms with E-state index in [0.717, 1.165) is 0 Å². The molecule has 0 aromatic carbocycles. The Hall–Kier alpha value is 1.83. The molecule has 0 amide bonds. The van der Waals surface area contributed by atoms with Crippen LogP contribution >= 0.6 is 0 Å². The van der Waals surface area contributed by atoms with Gasteiger partial charge in [-0.2, -0.15) is 0 Å². The van der Waals surface area contributed by atoms with Gasteiger partial charge in [0, 0.05) is 9.17 Å². The van der Waals surface area contributed by atoms with Gasteiger partial charge in [-0.3, -0.25) is 0 Å². The van der Waals surface area contributed by atoms with Crippen LogP contribution in [0.5, 0.6) is 0 Å². The van der Waals surface area contributed by atoms with Crippen molar-refractivity contribution in [2.75, 3.05) is 0 Å². The van der Waals surface area contributed by atoms with Gasteiger partial charge >= 0.3 is 59.1 Å². The molecule has 0 rings (SSSR count). The van der Waals surface area contributed by atoms with Crippen LogP contribution in [0.25, 0.3) is 0 Å². The molecule has 0 spiro atoms. The molecule has 7 heavy (non-hydrogen) atoms. The van der Waals surface area contributed by atoms with Gasteiger partial charge in [-0.1, -0.05) is 0 Å². The Morgan fingerprint density at radius 2 is 1.14 bits per heavy atom. The molecule has 0 saturated heterocycles. The summed E-state index contributed by atoms with van der Waals surface area (Å²) in [5, 5.41) is 0. The summed E-state index contributed by atoms with van der Waals surface area (Å²) in [6, 6.07) is 0. The number of rotatable bonds is 0. The third kappa shape index (κ3) is 79.3. The van der Waals surface area contributed by atoms with E-state index in [9.17, 15) is 0 Å². The first-order valence-corrected chi connectivity index (χ1v) is 1.84. The second kappa shape index (κ2) is 15.7. The monoisotopic (exact) mass is 154 g/mol. The molecule has 0 unspecified atom stereocenters. The maximum Gasteiger partial charge on any atom is 1.00 e. The van der Waals surface area contributed by atoms with E-state index in [1.54, 1.807) is 0 Å². The molecule has 0 bridgehead atoms. The van der Waals surface area contributed by atoms with E-state index in [4.69, 9.17) is 14.1 Å². The van der Waals surface area contributed by atoms with Crippen molar-refractivity contribution in [2.45, 2.75) is 0 Å². The molecule has 0 aliphatic rings. The molecule has 0 aliphatic carbocycles. The van der Waals surface area contributed by atoms with Gasteiger partial charge in [0.25, 0.3) is 0 Å². The van der Waals surface area contributed by atoms with Crippen LogP contribution in [0.3, 0.4) is 0 Å². The molecule has 0 heterocycles. The minimum atomic E-state index is -3.63. The van der Waals surface area contributed by atoms with Gasteiger partial charge in [-0.05, 0) is 11.0 Å². The number of hydrogen-bond donors (Lipinski definition) is 0. The van der Waals surface area contributed by atoms with E-state index >= 15 is 0 Å². The molecule has 0 aromatic rings. The minimum absolute atomic E-state index is 0. The topological polar surface area (TPSA) is 63.2 Å². The third-order valence-corrected chi connectivity index (χ3v) is 0. The van der Waals surface area contributed by atoms with E-state index < -0.39 is 9.17 Å². The molecular weight excluding hydrogens is 150 g/mol. The van der Waals surface area contributed by atoms with Gasteiger partial charge in [-0.25, -0.2) is 0 Å². The van der Waals surface area contributed by atoms with Crippen LogP contribution in [0, 0.1) is 0 Å². The van der Waals surface area contributed by atoms with Crippen LogP contribution in [0.2, 0.25) is 0 Å². The number of hydrogen-bond acceptors (Lipinski definition) is 3. The average Bonchev–Trinajstić information content (AvgIpc) is 0.811. The molecule has 0 N–H and O–H groups in total. The summed E-state index contributed by atoms with van der Waals surface area (Å²) in [5.41, 5.74) is 0. The van der Waals surface area contributed by atoms with Gasteiger partial charge in [0.05, 0.1) is 0 Å². The molecular formula is H4Na2O3Si2. The first-order chi connectivity index (χ1) is 1.73. The fraction of sp³-hybridized carbons (Fsp3) is 0. The van der Waals surface area contributed by atoms with Crippen LogP contribution in [0.1, 0.15) is 0 Å². The van der Waals surface area contributed by atoms with Crippen molar-refractivity contribution >= 4 is 20.1 Å². The largest absolute Gasteiger partial charge is 1.00 e. The Labute approximate surface area is 92.0 Å². The van der Waals surface area contributed by atoms with E-state index in [1.807, 2.05) is 0 Å². The molecule has 0 atom stereocenters. The molecule has 0 radical (unpaired) electrons. The molecule has 0 fully saturated rings. The van der Waals surface area contributed by atoms with Crippen molar-refractivity contribution < 1.29 is 73.2 Å². The first-order valence-electron chi connectivity index (χ1n) is 0.612. The van der Waals surface area contributed by atoms with Gasteiger partial charge in [0.1, 0.15) is 0 Å². The van der Waals surface area contributed by atoms with Crippen molar-refractivity contribution in [3.8, 4) is 0 Å². The zero-order chi connectivity index (χ0) is 3.58. The fourth-order valence-electron chi connectivity index (χ4n) is 0. The van der Waals surface area contributed by atoms with Crippen LogP contribution in [0.15, 0.2) is 0 Å². The van der Waals surface area contributed by atoms with Crippen LogP contribution in [-0.4, -0.2) is 20.1 Å². The fourth-order valence-corrected chi connectivity index (χ4v) is 0. The average molecular weight is 154 g/mol. The van der Waals surface area contributed by atoms with Crippen molar-refractivity contribution in [3.05, 3.63) is 0 Å². The van der Waals surface area contributed by atoms with Crippen LogP contribution in [0.4, 0.5) is 0 Å². The van der Waals surface area contributed by atoms with Crippen molar-refractivity contribution in [3.63, 3.8) is 0 Å². The zero-order valence-corrected chi connectivity index (χ0v) is 8.72. The molecule has 0 aliphatic heterocycles. The van der Waals surface area contributed by atoms with Crippen LogP contribution in [-0.2, 0) is 4.46 Å². The molecule has 7 heteroatoms. The van der Waals surface area contributed by atoms with Crippen LogP contribution < -0.4 is 68.7 Å². The minimum Gasteiger partial charge on any atom is -0.672 e. The van der Waals surface area contributed by atoms with Gasteiger partial charge in [0.2, 0.25) is 0 Å². The quantitative estimate of drug-likeness (QED) is 0.325. The Bertz CT molecular complexity index is 33.9. The second-order valence-corrected chi connectivity index (χ2v) is 0.750. The Balaban J connectivity index is -0.0000000150. The molecule has 32 valence electrons. The van der Waals surface area contributed by atoms with Gasteiger partial charge in [0.15, 0.2) is 0 Å². The molecule has 3 nitrogen and oxygen atoms in total. The summed E-state index contributed by atoms with van der Waals surface area (Å²) in [7, 11) is -3.63. The summed E-state index contributed by atoms with van der Waals surface area (Å²) in [6.07, 6.45) is 0. The normalized spacial score (nSPS) is 3.43. The Morgan fingerprint density at radius 3 is 1.14 bits per heavy atom. The standard InChI is InChI=1S/2Na.O3Si.H4Si/c;;1-4(2)3;/h;;;1H4/q2*+1;-2;. The van der Waals surface area contributed by atoms with E-state index in [0.29, 0.717) is 0 Å². The van der Waals surface area contributed by atoms with Gasteiger partial charge < -0.3 is 14.1 Å². The SMILES string of the molecule is O=[Si]([O-])[O-].[Na+].[Na+].[SiH4]. The van der Waals surface area contributed by atoms with Crippen molar-refractivity contribution in [1.29, 1.82) is 0 Å². The summed E-state index contributed by atoms with van der Waals surface area (Å²) < 4.78 is 8.52. The maximum absolute atomic E-state index is 8.52. The Morgan fingerprint density at radius 1 is 1.14 bits per heavy atom. The summed E-state index contributed by atoms with van der Waals surface area (Å²) >= 11 is 0. The van der Waals surface area contributed by atoms with Gasteiger partial charge in [-0.15, -0.1) is 0 Å². The molecule has 0 aromatic heterocycles. The van der Waals surface area contributed by atoms with E-state index in [1.165, 1.54) is 0 Å². The van der Waals surface area contributed by atoms with E-state index in [-0.39, 0.29) is 70.1 Å². The van der Waals surface area contributed by atoms with E-state index in [2.05, 4.69) is 0 Å². The third-order valence-electron chi connectivity index (χ3n) is 0. The smallest absolute Gasteiger partial charge is 0.672 e. The van der Waals surface area contributed by atoms with Crippen molar-refractivity contribution in [1.82, 2.24) is 0 Å². The second-order valence-electron chi connectivity index (χ2n) is 0.250. The predicted molar refractivity (Wildman–Crippen MR) is 17.8 cm³/mol. The van der Waals surface area contributed by atoms with Crippen molar-refractivity contribution in [2.24, 2.45) is 0 Å². The molecule has 0 saturated carbocycles. The zero-order valence-electron chi connectivity index (χ0n) is 3.72. The summed E-state index contributed by atoms with van der Waals surface area (Å²) in [6.45, 7) is 0. The predicted octanol–water partition coefficient (Wildman–Crippen LogP) is -10.3. The summed E-state index contributed by atoms with van der Waals surface area (Å²) in [4.78, 5) is 17.0. The summed E-state index contributed by atoms with van der Waals surface area (Å²) in [5.74, 6) is 0. The first kappa shape index (κ1) is 23.2.